The van der Waals surface area contributed by atoms with E-state index < -0.39 is 0 Å². The summed E-state index contributed by atoms with van der Waals surface area (Å²) >= 11 is 0. The van der Waals surface area contributed by atoms with E-state index in [1.807, 2.05) is 48.2 Å². The predicted molar refractivity (Wildman–Crippen MR) is 104 cm³/mol. The second kappa shape index (κ2) is 8.13. The highest BCUT2D eigenvalue weighted by Crippen LogP contribution is 2.17. The van der Waals surface area contributed by atoms with E-state index in [1.165, 1.54) is 0 Å². The summed E-state index contributed by atoms with van der Waals surface area (Å²) in [5, 5.41) is 0. The molecular weight excluding hydrogens is 324 g/mol. The smallest absolute Gasteiger partial charge is 0.254 e. The number of pyridine rings is 1. The molecule has 2 heterocycles. The molecule has 0 aliphatic rings. The van der Waals surface area contributed by atoms with E-state index in [-0.39, 0.29) is 5.91 Å². The standard InChI is InChI=1S/C21H26N4O/c1-4-13-24(21(26)17-10-8-16(3)9-11-17)15-19-23-18-7-6-12-22-20(18)25(19)14-5-2/h6-12H,4-5,13-15H2,1-3H3. The van der Waals surface area contributed by atoms with Crippen LogP contribution in [0.1, 0.15) is 48.4 Å². The number of carbonyl (C=O) groups is 1. The van der Waals surface area contributed by atoms with Gasteiger partial charge >= 0.3 is 0 Å². The summed E-state index contributed by atoms with van der Waals surface area (Å²) < 4.78 is 2.14. The molecule has 0 spiro atoms. The minimum atomic E-state index is 0.0508. The van der Waals surface area contributed by atoms with Crippen molar-refractivity contribution in [1.29, 1.82) is 0 Å². The second-order valence-corrected chi connectivity index (χ2v) is 6.62. The number of aromatic nitrogens is 3. The fourth-order valence-electron chi connectivity index (χ4n) is 3.16. The molecule has 0 fully saturated rings. The van der Waals surface area contributed by atoms with Gasteiger partial charge in [-0.15, -0.1) is 0 Å². The van der Waals surface area contributed by atoms with Gasteiger partial charge in [-0.05, 0) is 44.0 Å². The fraction of sp³-hybridized carbons (Fsp3) is 0.381. The Hall–Kier alpha value is -2.69. The number of amides is 1. The summed E-state index contributed by atoms with van der Waals surface area (Å²) in [4.78, 5) is 24.1. The molecule has 0 aliphatic carbocycles. The molecular formula is C21H26N4O. The average molecular weight is 350 g/mol. The minimum Gasteiger partial charge on any atom is -0.331 e. The first-order valence-corrected chi connectivity index (χ1v) is 9.30. The Morgan fingerprint density at radius 2 is 1.88 bits per heavy atom. The molecule has 0 saturated heterocycles. The van der Waals surface area contributed by atoms with Crippen LogP contribution >= 0.6 is 0 Å². The number of fused-ring (bicyclic) bond motifs is 1. The van der Waals surface area contributed by atoms with Gasteiger partial charge < -0.3 is 9.47 Å². The van der Waals surface area contributed by atoms with Crippen molar-refractivity contribution in [2.45, 2.75) is 46.7 Å². The molecule has 1 amide bonds. The largest absolute Gasteiger partial charge is 0.331 e. The van der Waals surface area contributed by atoms with Crippen LogP contribution in [0.15, 0.2) is 42.6 Å². The Labute approximate surface area is 154 Å². The molecule has 5 nitrogen and oxygen atoms in total. The maximum Gasteiger partial charge on any atom is 0.254 e. The van der Waals surface area contributed by atoms with E-state index in [0.717, 1.165) is 47.5 Å². The van der Waals surface area contributed by atoms with Crippen LogP contribution in [0.25, 0.3) is 11.2 Å². The quantitative estimate of drug-likeness (QED) is 0.641. The zero-order chi connectivity index (χ0) is 18.5. The molecule has 3 rings (SSSR count). The van der Waals surface area contributed by atoms with Crippen molar-refractivity contribution in [2.24, 2.45) is 0 Å². The molecule has 0 atom stereocenters. The summed E-state index contributed by atoms with van der Waals surface area (Å²) in [6.45, 7) is 8.30. The van der Waals surface area contributed by atoms with Gasteiger partial charge in [0, 0.05) is 24.8 Å². The van der Waals surface area contributed by atoms with Crippen LogP contribution < -0.4 is 0 Å². The first-order valence-electron chi connectivity index (χ1n) is 9.30. The number of imidazole rings is 1. The van der Waals surface area contributed by atoms with Gasteiger partial charge in [0.05, 0.1) is 6.54 Å². The topological polar surface area (TPSA) is 51.0 Å². The van der Waals surface area contributed by atoms with E-state index in [0.29, 0.717) is 13.1 Å². The number of carbonyl (C=O) groups excluding carboxylic acids is 1. The monoisotopic (exact) mass is 350 g/mol. The fourth-order valence-corrected chi connectivity index (χ4v) is 3.16. The van der Waals surface area contributed by atoms with Crippen molar-refractivity contribution in [1.82, 2.24) is 19.4 Å². The Morgan fingerprint density at radius 3 is 2.58 bits per heavy atom. The molecule has 5 heteroatoms. The first-order chi connectivity index (χ1) is 12.6. The maximum absolute atomic E-state index is 13.0. The van der Waals surface area contributed by atoms with Gasteiger partial charge in [0.25, 0.3) is 5.91 Å². The molecule has 0 aliphatic heterocycles. The van der Waals surface area contributed by atoms with Crippen LogP contribution in [0.5, 0.6) is 0 Å². The SMILES string of the molecule is CCCN(Cc1nc2cccnc2n1CCC)C(=O)c1ccc(C)cc1. The van der Waals surface area contributed by atoms with Crippen LogP contribution in [0.2, 0.25) is 0 Å². The molecule has 0 N–H and O–H groups in total. The number of hydrogen-bond donors (Lipinski definition) is 0. The highest BCUT2D eigenvalue weighted by molar-refractivity contribution is 5.94. The lowest BCUT2D eigenvalue weighted by Gasteiger charge is -2.22. The minimum absolute atomic E-state index is 0.0508. The molecule has 0 unspecified atom stereocenters. The lowest BCUT2D eigenvalue weighted by molar-refractivity contribution is 0.0737. The number of hydrogen-bond acceptors (Lipinski definition) is 3. The van der Waals surface area contributed by atoms with Gasteiger partial charge in [0.2, 0.25) is 0 Å². The Bertz CT molecular complexity index is 883. The van der Waals surface area contributed by atoms with E-state index >= 15 is 0 Å². The number of nitrogens with zero attached hydrogens (tertiary/aromatic N) is 4. The molecule has 0 radical (unpaired) electrons. The van der Waals surface area contributed by atoms with E-state index in [1.54, 1.807) is 6.20 Å². The van der Waals surface area contributed by atoms with Gasteiger partial charge in [-0.1, -0.05) is 31.5 Å². The van der Waals surface area contributed by atoms with Crippen LogP contribution in [0, 0.1) is 6.92 Å². The number of aryl methyl sites for hydroxylation is 2. The molecule has 0 bridgehead atoms. The van der Waals surface area contributed by atoms with Crippen molar-refractivity contribution in [3.05, 3.63) is 59.5 Å². The third-order valence-corrected chi connectivity index (χ3v) is 4.44. The van der Waals surface area contributed by atoms with E-state index in [4.69, 9.17) is 4.98 Å². The molecule has 26 heavy (non-hydrogen) atoms. The number of rotatable bonds is 7. The van der Waals surface area contributed by atoms with E-state index in [9.17, 15) is 4.79 Å². The van der Waals surface area contributed by atoms with Crippen LogP contribution in [-0.4, -0.2) is 31.9 Å². The zero-order valence-corrected chi connectivity index (χ0v) is 15.8. The summed E-state index contributed by atoms with van der Waals surface area (Å²) in [5.74, 6) is 0.948. The molecule has 0 saturated carbocycles. The van der Waals surface area contributed by atoms with Crippen molar-refractivity contribution in [3.8, 4) is 0 Å². The molecule has 2 aromatic heterocycles. The normalized spacial score (nSPS) is 11.0. The second-order valence-electron chi connectivity index (χ2n) is 6.62. The molecule has 3 aromatic rings. The maximum atomic E-state index is 13.0. The average Bonchev–Trinajstić information content (AvgIpc) is 2.99. The van der Waals surface area contributed by atoms with Gasteiger partial charge in [-0.3, -0.25) is 4.79 Å². The predicted octanol–water partition coefficient (Wildman–Crippen LogP) is 4.20. The Morgan fingerprint density at radius 1 is 1.12 bits per heavy atom. The third-order valence-electron chi connectivity index (χ3n) is 4.44. The highest BCUT2D eigenvalue weighted by atomic mass is 16.2. The molecule has 1 aromatic carbocycles. The van der Waals surface area contributed by atoms with Crippen LogP contribution in [-0.2, 0) is 13.1 Å². The summed E-state index contributed by atoms with van der Waals surface area (Å²) in [6.07, 6.45) is 3.69. The summed E-state index contributed by atoms with van der Waals surface area (Å²) in [7, 11) is 0. The lowest BCUT2D eigenvalue weighted by atomic mass is 10.1. The zero-order valence-electron chi connectivity index (χ0n) is 15.8. The van der Waals surface area contributed by atoms with Crippen molar-refractivity contribution < 1.29 is 4.79 Å². The Balaban J connectivity index is 1.92. The van der Waals surface area contributed by atoms with Gasteiger partial charge in [-0.2, -0.15) is 0 Å². The van der Waals surface area contributed by atoms with Crippen LogP contribution in [0.4, 0.5) is 0 Å². The van der Waals surface area contributed by atoms with Gasteiger partial charge in [0.15, 0.2) is 5.65 Å². The summed E-state index contributed by atoms with van der Waals surface area (Å²) in [6, 6.07) is 11.6. The summed E-state index contributed by atoms with van der Waals surface area (Å²) in [5.41, 5.74) is 3.65. The van der Waals surface area contributed by atoms with Crippen molar-refractivity contribution >= 4 is 17.1 Å². The van der Waals surface area contributed by atoms with Crippen LogP contribution in [0.3, 0.4) is 0 Å². The van der Waals surface area contributed by atoms with Gasteiger partial charge in [0.1, 0.15) is 11.3 Å². The Kier molecular flexibility index (Phi) is 5.66. The molecule has 136 valence electrons. The first kappa shape index (κ1) is 18.1. The third kappa shape index (κ3) is 3.77. The number of benzene rings is 1. The van der Waals surface area contributed by atoms with Crippen molar-refractivity contribution in [3.63, 3.8) is 0 Å². The van der Waals surface area contributed by atoms with E-state index in [2.05, 4.69) is 23.4 Å². The van der Waals surface area contributed by atoms with Gasteiger partial charge in [-0.25, -0.2) is 9.97 Å². The van der Waals surface area contributed by atoms with Crippen molar-refractivity contribution in [2.75, 3.05) is 6.54 Å². The lowest BCUT2D eigenvalue weighted by Crippen LogP contribution is -2.32. The highest BCUT2D eigenvalue weighted by Gasteiger charge is 2.19.